The number of rotatable bonds is 5. The summed E-state index contributed by atoms with van der Waals surface area (Å²) in [5, 5.41) is 0.994. The average Bonchev–Trinajstić information content (AvgIpc) is 2.95. The fourth-order valence-electron chi connectivity index (χ4n) is 5.52. The maximum absolute atomic E-state index is 15.1. The van der Waals surface area contributed by atoms with Crippen molar-refractivity contribution in [3.8, 4) is 16.9 Å². The quantitative estimate of drug-likeness (QED) is 0.223. The molecule has 1 aliphatic heterocycles. The first-order chi connectivity index (χ1) is 19.9. The van der Waals surface area contributed by atoms with Crippen molar-refractivity contribution < 1.29 is 9.18 Å². The number of halogens is 3. The van der Waals surface area contributed by atoms with Gasteiger partial charge in [-0.15, -0.1) is 0 Å². The van der Waals surface area contributed by atoms with Gasteiger partial charge in [0.2, 0.25) is 5.91 Å². The number of aryl methyl sites for hydroxylation is 1. The first kappa shape index (κ1) is 32.1. The van der Waals surface area contributed by atoms with Crippen molar-refractivity contribution in [2.24, 2.45) is 0 Å². The number of hydrogen-bond donors (Lipinski definition) is 0. The fraction of sp³-hybridized carbons (Fsp3) is 0.344. The molecule has 1 saturated heterocycles. The van der Waals surface area contributed by atoms with Crippen LogP contribution in [0.5, 0.6) is 0 Å². The summed E-state index contributed by atoms with van der Waals surface area (Å²) in [6, 6.07) is 7.27. The summed E-state index contributed by atoms with van der Waals surface area (Å²) in [7, 11) is 0. The van der Waals surface area contributed by atoms with Crippen LogP contribution in [0.25, 0.3) is 28.0 Å². The molecule has 3 aromatic heterocycles. The van der Waals surface area contributed by atoms with Crippen LogP contribution < -0.4 is 10.6 Å². The summed E-state index contributed by atoms with van der Waals surface area (Å²) in [6.45, 7) is 14.2. The Morgan fingerprint density at radius 1 is 1.12 bits per heavy atom. The molecule has 0 N–H and O–H groups in total. The second kappa shape index (κ2) is 12.4. The van der Waals surface area contributed by atoms with Crippen molar-refractivity contribution in [2.45, 2.75) is 60.0 Å². The summed E-state index contributed by atoms with van der Waals surface area (Å²) in [4.78, 5) is 44.2. The second-order valence-corrected chi connectivity index (χ2v) is 11.8. The van der Waals surface area contributed by atoms with Gasteiger partial charge in [0.05, 0.1) is 27.5 Å². The number of fused-ring (bicyclic) bond motifs is 1. The van der Waals surface area contributed by atoms with E-state index in [4.69, 9.17) is 28.2 Å². The predicted molar refractivity (Wildman–Crippen MR) is 172 cm³/mol. The molecular formula is C32H35Cl2FN6O2. The number of amides is 1. The highest BCUT2D eigenvalue weighted by Gasteiger charge is 2.34. The van der Waals surface area contributed by atoms with Gasteiger partial charge in [-0.25, -0.2) is 18.7 Å². The highest BCUT2D eigenvalue weighted by Crippen LogP contribution is 2.37. The van der Waals surface area contributed by atoms with Gasteiger partial charge in [0, 0.05) is 42.0 Å². The van der Waals surface area contributed by atoms with E-state index in [0.717, 1.165) is 5.56 Å². The van der Waals surface area contributed by atoms with Crippen molar-refractivity contribution >= 4 is 46.0 Å². The highest BCUT2D eigenvalue weighted by atomic mass is 35.5. The molecule has 2 atom stereocenters. The molecule has 8 nitrogen and oxygen atoms in total. The SMILES string of the molecule is C.C=CC(=O)N1C[C@H](C)N(c2nc(=O)n(-c3c(C)ccnc3C(C)C)c3nc(-c4cc(Cl)ccc4F)c(Cl)cc23)C[C@H]1C. The minimum absolute atomic E-state index is 0. The molecule has 1 aromatic carbocycles. The van der Waals surface area contributed by atoms with Gasteiger partial charge in [-0.3, -0.25) is 9.78 Å². The van der Waals surface area contributed by atoms with Crippen molar-refractivity contribution in [2.75, 3.05) is 18.0 Å². The molecule has 226 valence electrons. The topological polar surface area (TPSA) is 84.2 Å². The monoisotopic (exact) mass is 624 g/mol. The number of pyridine rings is 2. The van der Waals surface area contributed by atoms with Gasteiger partial charge < -0.3 is 9.80 Å². The third-order valence-corrected chi connectivity index (χ3v) is 8.15. The molecular weight excluding hydrogens is 590 g/mol. The maximum atomic E-state index is 15.1. The Morgan fingerprint density at radius 3 is 2.51 bits per heavy atom. The first-order valence-corrected chi connectivity index (χ1v) is 14.4. The van der Waals surface area contributed by atoms with Gasteiger partial charge in [0.15, 0.2) is 5.65 Å². The van der Waals surface area contributed by atoms with Crippen LogP contribution in [-0.4, -0.2) is 55.5 Å². The number of piperazine rings is 1. The van der Waals surface area contributed by atoms with Crippen LogP contribution in [0.2, 0.25) is 10.0 Å². The summed E-state index contributed by atoms with van der Waals surface area (Å²) in [5.74, 6) is -0.345. The van der Waals surface area contributed by atoms with E-state index in [9.17, 15) is 9.59 Å². The van der Waals surface area contributed by atoms with Crippen LogP contribution >= 0.6 is 23.2 Å². The smallest absolute Gasteiger partial charge is 0.349 e. The zero-order valence-electron chi connectivity index (χ0n) is 24.0. The van der Waals surface area contributed by atoms with Crippen LogP contribution in [0.1, 0.15) is 52.3 Å². The number of carbonyl (C=O) groups excluding carboxylic acids is 1. The van der Waals surface area contributed by atoms with Crippen LogP contribution in [0, 0.1) is 12.7 Å². The number of benzene rings is 1. The minimum atomic E-state index is -0.563. The van der Waals surface area contributed by atoms with Gasteiger partial charge in [0.25, 0.3) is 0 Å². The highest BCUT2D eigenvalue weighted by molar-refractivity contribution is 6.34. The summed E-state index contributed by atoms with van der Waals surface area (Å²) in [6.07, 6.45) is 3.00. The predicted octanol–water partition coefficient (Wildman–Crippen LogP) is 6.97. The van der Waals surface area contributed by atoms with Gasteiger partial charge >= 0.3 is 5.69 Å². The average molecular weight is 626 g/mol. The van der Waals surface area contributed by atoms with Gasteiger partial charge in [0.1, 0.15) is 11.6 Å². The summed E-state index contributed by atoms with van der Waals surface area (Å²) < 4.78 is 16.5. The van der Waals surface area contributed by atoms with E-state index >= 15 is 4.39 Å². The standard InChI is InChI=1S/C31H31Cl2FN6O2.CH4/c1-7-25(41)38-14-19(6)39(15-18(38)5)29-22-13-23(33)27(21-12-20(32)8-9-24(21)34)36-30(22)40(31(42)37-29)28-17(4)10-11-35-26(28)16(2)3;/h7-13,16,18-19H,1,14-15H2,2-6H3;1H4/t18-,19+;/m1./s1. The Labute approximate surface area is 260 Å². The van der Waals surface area contributed by atoms with E-state index in [0.29, 0.717) is 40.7 Å². The van der Waals surface area contributed by atoms with E-state index in [2.05, 4.69) is 16.5 Å². The molecule has 0 aliphatic carbocycles. The van der Waals surface area contributed by atoms with E-state index < -0.39 is 11.5 Å². The normalized spacial score (nSPS) is 16.9. The zero-order valence-corrected chi connectivity index (χ0v) is 25.5. The molecule has 1 fully saturated rings. The summed E-state index contributed by atoms with van der Waals surface area (Å²) >= 11 is 13.0. The lowest BCUT2D eigenvalue weighted by Crippen LogP contribution is -2.58. The third-order valence-electron chi connectivity index (χ3n) is 7.63. The molecule has 1 aliphatic rings. The van der Waals surface area contributed by atoms with Gasteiger partial charge in [-0.2, -0.15) is 4.98 Å². The minimum Gasteiger partial charge on any atom is -0.349 e. The molecule has 0 radical (unpaired) electrons. The second-order valence-electron chi connectivity index (χ2n) is 10.9. The van der Waals surface area contributed by atoms with E-state index in [-0.39, 0.29) is 53.3 Å². The Balaban J connectivity index is 0.00000423. The van der Waals surface area contributed by atoms with Gasteiger partial charge in [-0.1, -0.05) is 51.1 Å². The Morgan fingerprint density at radius 2 is 1.84 bits per heavy atom. The Hall–Kier alpha value is -3.82. The molecule has 1 amide bonds. The number of nitrogens with zero attached hydrogens (tertiary/aromatic N) is 6. The molecule has 43 heavy (non-hydrogen) atoms. The molecule has 0 spiro atoms. The van der Waals surface area contributed by atoms with E-state index in [1.54, 1.807) is 17.2 Å². The number of anilines is 1. The lowest BCUT2D eigenvalue weighted by molar-refractivity contribution is -0.128. The maximum Gasteiger partial charge on any atom is 0.355 e. The fourth-order valence-corrected chi connectivity index (χ4v) is 5.95. The zero-order chi connectivity index (χ0) is 30.5. The number of aromatic nitrogens is 4. The number of carbonyl (C=O) groups is 1. The molecule has 11 heteroatoms. The molecule has 5 rings (SSSR count). The molecule has 4 aromatic rings. The lowest BCUT2D eigenvalue weighted by atomic mass is 10.0. The van der Waals surface area contributed by atoms with Crippen molar-refractivity contribution in [3.05, 3.63) is 86.8 Å². The van der Waals surface area contributed by atoms with Crippen LogP contribution in [-0.2, 0) is 4.79 Å². The largest absolute Gasteiger partial charge is 0.355 e. The third kappa shape index (κ3) is 5.76. The Bertz CT molecular complexity index is 1790. The van der Waals surface area contributed by atoms with Crippen molar-refractivity contribution in [3.63, 3.8) is 0 Å². The molecule has 0 saturated carbocycles. The molecule has 0 unspecified atom stereocenters. The van der Waals surface area contributed by atoms with Gasteiger partial charge in [-0.05, 0) is 68.7 Å². The molecule has 4 heterocycles. The molecule has 0 bridgehead atoms. The number of hydrogen-bond acceptors (Lipinski definition) is 6. The first-order valence-electron chi connectivity index (χ1n) is 13.7. The summed E-state index contributed by atoms with van der Waals surface area (Å²) in [5.41, 5.74) is 2.01. The lowest BCUT2D eigenvalue weighted by Gasteiger charge is -2.44. The van der Waals surface area contributed by atoms with Crippen LogP contribution in [0.15, 0.2) is 54.0 Å². The van der Waals surface area contributed by atoms with E-state index in [1.807, 2.05) is 45.6 Å². The van der Waals surface area contributed by atoms with Crippen LogP contribution in [0.3, 0.4) is 0 Å². The van der Waals surface area contributed by atoms with Crippen LogP contribution in [0.4, 0.5) is 10.2 Å². The Kier molecular flexibility index (Phi) is 9.27. The van der Waals surface area contributed by atoms with Crippen molar-refractivity contribution in [1.82, 2.24) is 24.4 Å². The van der Waals surface area contributed by atoms with E-state index in [1.165, 1.54) is 28.8 Å². The van der Waals surface area contributed by atoms with Crippen molar-refractivity contribution in [1.29, 1.82) is 0 Å².